The fourth-order valence-electron chi connectivity index (χ4n) is 2.15. The predicted molar refractivity (Wildman–Crippen MR) is 71.6 cm³/mol. The first-order valence-corrected chi connectivity index (χ1v) is 6.59. The number of amides is 1. The van der Waals surface area contributed by atoms with E-state index in [1.807, 2.05) is 30.3 Å². The summed E-state index contributed by atoms with van der Waals surface area (Å²) in [5.74, 6) is 0.217. The van der Waals surface area contributed by atoms with Crippen LogP contribution in [0.15, 0.2) is 30.3 Å². The Kier molecular flexibility index (Phi) is 5.18. The highest BCUT2D eigenvalue weighted by Gasteiger charge is 2.24. The van der Waals surface area contributed by atoms with Crippen LogP contribution in [0.2, 0.25) is 0 Å². The fraction of sp³-hybridized carbons (Fsp3) is 0.500. The van der Waals surface area contributed by atoms with Crippen molar-refractivity contribution >= 4 is 6.09 Å². The normalized spacial score (nSPS) is 22.2. The minimum atomic E-state index is -0.413. The largest absolute Gasteiger partial charge is 0.445 e. The van der Waals surface area contributed by atoms with E-state index in [1.165, 1.54) is 0 Å². The molecule has 3 N–H and O–H groups in total. The first-order valence-electron chi connectivity index (χ1n) is 6.59. The van der Waals surface area contributed by atoms with Gasteiger partial charge in [0.05, 0.1) is 6.10 Å². The summed E-state index contributed by atoms with van der Waals surface area (Å²) in [6, 6.07) is 9.56. The molecule has 0 saturated carbocycles. The van der Waals surface area contributed by atoms with Crippen LogP contribution in [0, 0.1) is 5.92 Å². The molecule has 5 nitrogen and oxygen atoms in total. The highest BCUT2D eigenvalue weighted by atomic mass is 16.5. The maximum atomic E-state index is 11.5. The second-order valence-electron chi connectivity index (χ2n) is 4.76. The molecule has 1 heterocycles. The van der Waals surface area contributed by atoms with Gasteiger partial charge < -0.3 is 20.5 Å². The Hall–Kier alpha value is -1.59. The summed E-state index contributed by atoms with van der Waals surface area (Å²) in [7, 11) is 0. The number of rotatable bonds is 5. The molecule has 104 valence electrons. The van der Waals surface area contributed by atoms with Crippen molar-refractivity contribution in [1.82, 2.24) is 10.6 Å². The summed E-state index contributed by atoms with van der Waals surface area (Å²) in [5, 5.41) is 15.4. The van der Waals surface area contributed by atoms with Crippen LogP contribution >= 0.6 is 0 Å². The van der Waals surface area contributed by atoms with Crippen molar-refractivity contribution in [2.45, 2.75) is 19.1 Å². The molecule has 1 fully saturated rings. The summed E-state index contributed by atoms with van der Waals surface area (Å²) in [5.41, 5.74) is 0.966. The number of carbonyl (C=O) groups excluding carboxylic acids is 1. The van der Waals surface area contributed by atoms with E-state index in [1.54, 1.807) is 0 Å². The maximum absolute atomic E-state index is 11.5. The zero-order chi connectivity index (χ0) is 13.5. The van der Waals surface area contributed by atoms with Gasteiger partial charge in [-0.05, 0) is 12.0 Å². The number of hydrogen-bond acceptors (Lipinski definition) is 4. The van der Waals surface area contributed by atoms with Crippen LogP contribution in [0.1, 0.15) is 12.0 Å². The molecular formula is C14H20N2O3. The lowest BCUT2D eigenvalue weighted by molar-refractivity contribution is 0.130. The second kappa shape index (κ2) is 7.11. The van der Waals surface area contributed by atoms with E-state index in [0.29, 0.717) is 13.1 Å². The SMILES string of the molecule is O=C(NCC[C@@H]1CNC[C@H]1O)OCc1ccccc1. The molecule has 1 aromatic rings. The molecule has 0 unspecified atom stereocenters. The number of carbonyl (C=O) groups is 1. The molecule has 0 aliphatic carbocycles. The van der Waals surface area contributed by atoms with E-state index >= 15 is 0 Å². The summed E-state index contributed by atoms with van der Waals surface area (Å²) >= 11 is 0. The van der Waals surface area contributed by atoms with Crippen LogP contribution in [0.25, 0.3) is 0 Å². The van der Waals surface area contributed by atoms with Crippen molar-refractivity contribution in [3.63, 3.8) is 0 Å². The lowest BCUT2D eigenvalue weighted by atomic mass is 10.0. The second-order valence-corrected chi connectivity index (χ2v) is 4.76. The first-order chi connectivity index (χ1) is 9.25. The highest BCUT2D eigenvalue weighted by molar-refractivity contribution is 5.67. The molecule has 5 heteroatoms. The van der Waals surface area contributed by atoms with E-state index in [9.17, 15) is 9.90 Å². The zero-order valence-electron chi connectivity index (χ0n) is 10.8. The molecule has 0 bridgehead atoms. The van der Waals surface area contributed by atoms with E-state index in [4.69, 9.17) is 4.74 Å². The van der Waals surface area contributed by atoms with Gasteiger partial charge in [-0.25, -0.2) is 4.79 Å². The van der Waals surface area contributed by atoms with Gasteiger partial charge >= 0.3 is 6.09 Å². The van der Waals surface area contributed by atoms with Gasteiger partial charge in [0.2, 0.25) is 0 Å². The number of hydrogen-bond donors (Lipinski definition) is 3. The minimum absolute atomic E-state index is 0.217. The smallest absolute Gasteiger partial charge is 0.407 e. The van der Waals surface area contributed by atoms with Gasteiger partial charge in [0.25, 0.3) is 0 Å². The lowest BCUT2D eigenvalue weighted by Crippen LogP contribution is -2.29. The third-order valence-electron chi connectivity index (χ3n) is 3.30. The Balaban J connectivity index is 1.60. The molecule has 1 aromatic carbocycles. The van der Waals surface area contributed by atoms with Crippen molar-refractivity contribution in [2.75, 3.05) is 19.6 Å². The number of aliphatic hydroxyl groups is 1. The van der Waals surface area contributed by atoms with E-state index in [2.05, 4.69) is 10.6 Å². The zero-order valence-corrected chi connectivity index (χ0v) is 10.8. The molecule has 1 aliphatic rings. The maximum Gasteiger partial charge on any atom is 0.407 e. The Morgan fingerprint density at radius 3 is 2.84 bits per heavy atom. The molecule has 0 aromatic heterocycles. The van der Waals surface area contributed by atoms with Crippen molar-refractivity contribution < 1.29 is 14.6 Å². The molecule has 2 atom stereocenters. The molecule has 19 heavy (non-hydrogen) atoms. The number of β-amino-alcohol motifs (C(OH)–C–C–N with tert-alkyl or cyclic N) is 1. The Bertz CT molecular complexity index is 397. The molecule has 1 amide bonds. The van der Waals surface area contributed by atoms with Crippen LogP contribution in [0.4, 0.5) is 4.79 Å². The van der Waals surface area contributed by atoms with Crippen LogP contribution in [-0.4, -0.2) is 36.9 Å². The number of aliphatic hydroxyl groups excluding tert-OH is 1. The number of nitrogens with one attached hydrogen (secondary N) is 2. The van der Waals surface area contributed by atoms with Gasteiger partial charge in [-0.3, -0.25) is 0 Å². The topological polar surface area (TPSA) is 70.6 Å². The molecule has 2 rings (SSSR count). The van der Waals surface area contributed by atoms with Crippen LogP contribution in [0.5, 0.6) is 0 Å². The standard InChI is InChI=1S/C14H20N2O3/c17-13-9-15-8-12(13)6-7-16-14(18)19-10-11-4-2-1-3-5-11/h1-5,12-13,15,17H,6-10H2,(H,16,18)/t12-,13-/m1/s1. The third kappa shape index (κ3) is 4.54. The summed E-state index contributed by atoms with van der Waals surface area (Å²) in [6.07, 6.45) is 0.0423. The van der Waals surface area contributed by atoms with E-state index in [-0.39, 0.29) is 18.6 Å². The molecule has 0 radical (unpaired) electrons. The quantitative estimate of drug-likeness (QED) is 0.738. The van der Waals surface area contributed by atoms with Gasteiger partial charge in [0, 0.05) is 25.6 Å². The third-order valence-corrected chi connectivity index (χ3v) is 3.30. The van der Waals surface area contributed by atoms with Gasteiger partial charge in [-0.2, -0.15) is 0 Å². The van der Waals surface area contributed by atoms with Crippen LogP contribution in [-0.2, 0) is 11.3 Å². The average Bonchev–Trinajstić information content (AvgIpc) is 2.83. The Morgan fingerprint density at radius 1 is 1.37 bits per heavy atom. The molecule has 1 saturated heterocycles. The summed E-state index contributed by atoms with van der Waals surface area (Å²) in [4.78, 5) is 11.5. The van der Waals surface area contributed by atoms with E-state index < -0.39 is 6.09 Å². The van der Waals surface area contributed by atoms with Crippen LogP contribution in [0.3, 0.4) is 0 Å². The molecule has 0 spiro atoms. The van der Waals surface area contributed by atoms with Crippen molar-refractivity contribution in [1.29, 1.82) is 0 Å². The van der Waals surface area contributed by atoms with Crippen molar-refractivity contribution in [3.8, 4) is 0 Å². The molecular weight excluding hydrogens is 244 g/mol. The van der Waals surface area contributed by atoms with Gasteiger partial charge in [-0.15, -0.1) is 0 Å². The number of alkyl carbamates (subject to hydrolysis) is 1. The number of benzene rings is 1. The summed E-state index contributed by atoms with van der Waals surface area (Å²) in [6.45, 7) is 2.25. The Morgan fingerprint density at radius 2 is 2.16 bits per heavy atom. The van der Waals surface area contributed by atoms with E-state index in [0.717, 1.165) is 18.5 Å². The monoisotopic (exact) mass is 264 g/mol. The van der Waals surface area contributed by atoms with Gasteiger partial charge in [0.1, 0.15) is 6.61 Å². The Labute approximate surface area is 113 Å². The van der Waals surface area contributed by atoms with Crippen molar-refractivity contribution in [2.24, 2.45) is 5.92 Å². The highest BCUT2D eigenvalue weighted by Crippen LogP contribution is 2.12. The van der Waals surface area contributed by atoms with Crippen LogP contribution < -0.4 is 10.6 Å². The predicted octanol–water partition coefficient (Wildman–Crippen LogP) is 0.883. The minimum Gasteiger partial charge on any atom is -0.445 e. The molecule has 1 aliphatic heterocycles. The fourth-order valence-corrected chi connectivity index (χ4v) is 2.15. The lowest BCUT2D eigenvalue weighted by Gasteiger charge is -2.13. The number of ether oxygens (including phenoxy) is 1. The average molecular weight is 264 g/mol. The van der Waals surface area contributed by atoms with Crippen molar-refractivity contribution in [3.05, 3.63) is 35.9 Å². The van der Waals surface area contributed by atoms with Gasteiger partial charge in [0.15, 0.2) is 0 Å². The van der Waals surface area contributed by atoms with Gasteiger partial charge in [-0.1, -0.05) is 30.3 Å². The summed E-state index contributed by atoms with van der Waals surface area (Å²) < 4.78 is 5.09. The first kappa shape index (κ1) is 13.8.